The van der Waals surface area contributed by atoms with Crippen molar-refractivity contribution in [3.05, 3.63) is 19.0 Å². The molecule has 1 aromatic carbocycles. The second kappa shape index (κ2) is 6.32. The van der Waals surface area contributed by atoms with Crippen LogP contribution in [0.1, 0.15) is 24.8 Å². The summed E-state index contributed by atoms with van der Waals surface area (Å²) in [7, 11) is 1.81. The molecule has 4 rings (SSSR count). The van der Waals surface area contributed by atoms with Crippen molar-refractivity contribution in [2.24, 2.45) is 0 Å². The molecule has 2 aliphatic rings. The van der Waals surface area contributed by atoms with Crippen LogP contribution in [0.4, 0.5) is 5.95 Å². The summed E-state index contributed by atoms with van der Waals surface area (Å²) in [5, 5.41) is 0. The topological polar surface area (TPSA) is 30.3 Å². The number of ether oxygens (including phenoxy) is 1. The average molecular weight is 508 g/mol. The molecule has 0 unspecified atom stereocenters. The second-order valence-corrected chi connectivity index (χ2v) is 8.59. The maximum Gasteiger partial charge on any atom is 0.206 e. The number of aryl methyl sites for hydroxylation is 2. The minimum atomic E-state index is 0.391. The molecule has 0 amide bonds. The highest BCUT2D eigenvalue weighted by Gasteiger charge is 2.28. The zero-order chi connectivity index (χ0) is 16.1. The van der Waals surface area contributed by atoms with Gasteiger partial charge in [-0.2, -0.15) is 0 Å². The standard InChI is InChI=1S/C16H18Br3N3O/c1-23-9-4-7-21(8-5-9)16-20-14-13(19)12(18)11(17)10-3-2-6-22(16)15(10)14/h9H,2-8H2,1H3. The highest BCUT2D eigenvalue weighted by molar-refractivity contribution is 9.14. The number of methoxy groups -OCH3 is 1. The summed E-state index contributed by atoms with van der Waals surface area (Å²) in [6, 6.07) is 0. The Morgan fingerprint density at radius 2 is 1.78 bits per heavy atom. The average Bonchev–Trinajstić information content (AvgIpc) is 2.98. The van der Waals surface area contributed by atoms with E-state index < -0.39 is 0 Å². The van der Waals surface area contributed by atoms with Crippen LogP contribution in [0.5, 0.6) is 0 Å². The Morgan fingerprint density at radius 3 is 2.48 bits per heavy atom. The predicted octanol–water partition coefficient (Wildman–Crippen LogP) is 4.89. The number of hydrogen-bond donors (Lipinski definition) is 0. The van der Waals surface area contributed by atoms with Crippen molar-refractivity contribution in [3.63, 3.8) is 0 Å². The Kier molecular flexibility index (Phi) is 4.49. The summed E-state index contributed by atoms with van der Waals surface area (Å²) in [6.07, 6.45) is 4.79. The Labute approximate surface area is 161 Å². The largest absolute Gasteiger partial charge is 0.381 e. The monoisotopic (exact) mass is 505 g/mol. The van der Waals surface area contributed by atoms with Crippen molar-refractivity contribution < 1.29 is 4.74 Å². The van der Waals surface area contributed by atoms with Crippen LogP contribution in [0.15, 0.2) is 13.4 Å². The summed E-state index contributed by atoms with van der Waals surface area (Å²) in [4.78, 5) is 7.43. The molecule has 0 N–H and O–H groups in total. The molecule has 0 spiro atoms. The van der Waals surface area contributed by atoms with Crippen LogP contribution < -0.4 is 4.90 Å². The molecular formula is C16H18Br3N3O. The molecule has 2 aliphatic heterocycles. The van der Waals surface area contributed by atoms with Gasteiger partial charge in [0.1, 0.15) is 5.52 Å². The summed E-state index contributed by atoms with van der Waals surface area (Å²) in [5.41, 5.74) is 3.72. The van der Waals surface area contributed by atoms with Crippen LogP contribution in [0, 0.1) is 0 Å². The molecule has 0 saturated carbocycles. The Balaban J connectivity index is 1.84. The van der Waals surface area contributed by atoms with E-state index in [1.54, 1.807) is 0 Å². The van der Waals surface area contributed by atoms with Gasteiger partial charge >= 0.3 is 0 Å². The van der Waals surface area contributed by atoms with E-state index in [2.05, 4.69) is 57.3 Å². The first-order valence-corrected chi connectivity index (χ1v) is 10.3. The first kappa shape index (κ1) is 16.4. The lowest BCUT2D eigenvalue weighted by molar-refractivity contribution is 0.0815. The lowest BCUT2D eigenvalue weighted by Gasteiger charge is -2.32. The molecule has 0 atom stereocenters. The van der Waals surface area contributed by atoms with Gasteiger partial charge in [-0.1, -0.05) is 0 Å². The number of rotatable bonds is 2. The van der Waals surface area contributed by atoms with Crippen LogP contribution in [-0.2, 0) is 17.7 Å². The van der Waals surface area contributed by atoms with Gasteiger partial charge in [-0.15, -0.1) is 0 Å². The van der Waals surface area contributed by atoms with Gasteiger partial charge in [0.25, 0.3) is 0 Å². The quantitative estimate of drug-likeness (QED) is 0.542. The lowest BCUT2D eigenvalue weighted by atomic mass is 10.0. The summed E-state index contributed by atoms with van der Waals surface area (Å²) in [5.74, 6) is 1.11. The maximum absolute atomic E-state index is 5.50. The molecule has 4 nitrogen and oxygen atoms in total. The number of anilines is 1. The highest BCUT2D eigenvalue weighted by Crippen LogP contribution is 2.44. The summed E-state index contributed by atoms with van der Waals surface area (Å²) >= 11 is 11.2. The van der Waals surface area contributed by atoms with E-state index in [0.717, 1.165) is 70.2 Å². The number of halogens is 3. The number of benzene rings is 1. The zero-order valence-electron chi connectivity index (χ0n) is 12.9. The number of aromatic nitrogens is 2. The van der Waals surface area contributed by atoms with Crippen LogP contribution in [-0.4, -0.2) is 35.9 Å². The maximum atomic E-state index is 5.50. The number of piperidine rings is 1. The number of hydrogen-bond acceptors (Lipinski definition) is 3. The van der Waals surface area contributed by atoms with Gasteiger partial charge in [0.2, 0.25) is 5.95 Å². The van der Waals surface area contributed by atoms with Crippen LogP contribution >= 0.6 is 47.8 Å². The van der Waals surface area contributed by atoms with Crippen molar-refractivity contribution in [1.29, 1.82) is 0 Å². The van der Waals surface area contributed by atoms with E-state index >= 15 is 0 Å². The first-order chi connectivity index (χ1) is 11.1. The van der Waals surface area contributed by atoms with Crippen molar-refractivity contribution in [1.82, 2.24) is 9.55 Å². The molecule has 1 aromatic heterocycles. The lowest BCUT2D eigenvalue weighted by Crippen LogP contribution is -2.38. The molecule has 2 aromatic rings. The second-order valence-electron chi connectivity index (χ2n) is 6.21. The van der Waals surface area contributed by atoms with Gasteiger partial charge in [-0.3, -0.25) is 0 Å². The third kappa shape index (κ3) is 2.58. The zero-order valence-corrected chi connectivity index (χ0v) is 17.7. The Morgan fingerprint density at radius 1 is 1.04 bits per heavy atom. The molecule has 3 heterocycles. The summed E-state index contributed by atoms with van der Waals surface area (Å²) < 4.78 is 11.2. The van der Waals surface area contributed by atoms with Gasteiger partial charge in [0, 0.05) is 35.7 Å². The first-order valence-electron chi connectivity index (χ1n) is 7.95. The van der Waals surface area contributed by atoms with E-state index in [4.69, 9.17) is 9.72 Å². The fraction of sp³-hybridized carbons (Fsp3) is 0.562. The van der Waals surface area contributed by atoms with Gasteiger partial charge in [0.15, 0.2) is 0 Å². The van der Waals surface area contributed by atoms with E-state index in [-0.39, 0.29) is 0 Å². The Hall–Kier alpha value is -0.110. The highest BCUT2D eigenvalue weighted by atomic mass is 79.9. The van der Waals surface area contributed by atoms with Crippen molar-refractivity contribution in [2.75, 3.05) is 25.1 Å². The van der Waals surface area contributed by atoms with Crippen LogP contribution in [0.3, 0.4) is 0 Å². The number of nitrogens with zero attached hydrogens (tertiary/aromatic N) is 3. The van der Waals surface area contributed by atoms with Crippen LogP contribution in [0.2, 0.25) is 0 Å². The van der Waals surface area contributed by atoms with Crippen molar-refractivity contribution in [3.8, 4) is 0 Å². The Bertz CT molecular complexity index is 766. The minimum absolute atomic E-state index is 0.391. The molecule has 1 saturated heterocycles. The summed E-state index contributed by atoms with van der Waals surface area (Å²) in [6.45, 7) is 3.07. The molecule has 124 valence electrons. The smallest absolute Gasteiger partial charge is 0.206 e. The van der Waals surface area contributed by atoms with Gasteiger partial charge in [-0.25, -0.2) is 4.98 Å². The molecule has 0 bridgehead atoms. The van der Waals surface area contributed by atoms with Crippen LogP contribution in [0.25, 0.3) is 11.0 Å². The van der Waals surface area contributed by atoms with E-state index in [9.17, 15) is 0 Å². The van der Waals surface area contributed by atoms with Gasteiger partial charge < -0.3 is 14.2 Å². The fourth-order valence-corrected chi connectivity index (χ4v) is 5.48. The van der Waals surface area contributed by atoms with Gasteiger partial charge in [-0.05, 0) is 79.0 Å². The molecule has 23 heavy (non-hydrogen) atoms. The predicted molar refractivity (Wildman–Crippen MR) is 103 cm³/mol. The van der Waals surface area contributed by atoms with Crippen molar-refractivity contribution >= 4 is 64.8 Å². The SMILES string of the molecule is COC1CCN(c2nc3c(Br)c(Br)c(Br)c4c3n2CCC4)CC1. The third-order valence-corrected chi connectivity index (χ3v) is 8.46. The fourth-order valence-electron chi connectivity index (χ4n) is 3.72. The third-order valence-electron chi connectivity index (χ3n) is 4.96. The number of imidazole rings is 1. The molecule has 7 heteroatoms. The minimum Gasteiger partial charge on any atom is -0.381 e. The molecule has 0 aliphatic carbocycles. The molecule has 1 fully saturated rings. The van der Waals surface area contributed by atoms with Crippen molar-refractivity contribution in [2.45, 2.75) is 38.3 Å². The normalized spacial score (nSPS) is 18.9. The molecule has 0 radical (unpaired) electrons. The van der Waals surface area contributed by atoms with Gasteiger partial charge in [0.05, 0.1) is 16.1 Å². The van der Waals surface area contributed by atoms with E-state index in [1.807, 2.05) is 7.11 Å². The molecular weight excluding hydrogens is 490 g/mol. The van der Waals surface area contributed by atoms with E-state index in [1.165, 1.54) is 11.1 Å². The van der Waals surface area contributed by atoms with E-state index in [0.29, 0.717) is 6.10 Å².